The van der Waals surface area contributed by atoms with Crippen molar-refractivity contribution in [2.75, 3.05) is 20.1 Å². The summed E-state index contributed by atoms with van der Waals surface area (Å²) in [6.45, 7) is 1.71. The Hall–Kier alpha value is -1.43. The first-order valence-electron chi connectivity index (χ1n) is 7.28. The summed E-state index contributed by atoms with van der Waals surface area (Å²) in [5.41, 5.74) is 0.482. The molecule has 0 radical (unpaired) electrons. The van der Waals surface area contributed by atoms with Crippen LogP contribution >= 0.6 is 22.9 Å². The van der Waals surface area contributed by atoms with E-state index in [1.807, 2.05) is 0 Å². The number of halogens is 1. The van der Waals surface area contributed by atoms with Crippen molar-refractivity contribution in [3.05, 3.63) is 51.4 Å². The summed E-state index contributed by atoms with van der Waals surface area (Å²) >= 11 is 7.79. The van der Waals surface area contributed by atoms with E-state index in [9.17, 15) is 4.79 Å². The van der Waals surface area contributed by atoms with Crippen molar-refractivity contribution in [2.45, 2.75) is 12.5 Å². The van der Waals surface area contributed by atoms with Crippen molar-refractivity contribution in [3.63, 3.8) is 0 Å². The molecule has 1 fully saturated rings. The van der Waals surface area contributed by atoms with Gasteiger partial charge in [-0.25, -0.2) is 0 Å². The van der Waals surface area contributed by atoms with Gasteiger partial charge in [-0.2, -0.15) is 0 Å². The minimum Gasteiger partial charge on any atom is -0.352 e. The van der Waals surface area contributed by atoms with E-state index in [4.69, 9.17) is 11.6 Å². The topological polar surface area (TPSA) is 45.2 Å². The standard InChI is InChI=1S/C16H18ClN3OS/c1-20-7-5-11(15(20)14-3-2-8-22-14)9-19-16(21)12-4-6-18-10-13(12)17/h2-4,6,8,10-11,15H,5,7,9H2,1H3,(H,19,21)/t11-,15-/m1/s1. The molecule has 1 saturated heterocycles. The maximum Gasteiger partial charge on any atom is 0.252 e. The molecular formula is C16H18ClN3OS. The molecule has 0 spiro atoms. The molecule has 3 rings (SSSR count). The number of carbonyl (C=O) groups is 1. The van der Waals surface area contributed by atoms with Gasteiger partial charge in [0.2, 0.25) is 0 Å². The van der Waals surface area contributed by atoms with Gasteiger partial charge in [0.15, 0.2) is 0 Å². The molecular weight excluding hydrogens is 318 g/mol. The molecule has 1 aliphatic rings. The van der Waals surface area contributed by atoms with Gasteiger partial charge >= 0.3 is 0 Å². The second kappa shape index (κ2) is 6.77. The van der Waals surface area contributed by atoms with E-state index >= 15 is 0 Å². The third-order valence-corrected chi connectivity index (χ3v) is 5.39. The largest absolute Gasteiger partial charge is 0.352 e. The SMILES string of the molecule is CN1CC[C@H](CNC(=O)c2ccncc2Cl)[C@@H]1c1cccs1. The normalized spacial score (nSPS) is 21.9. The molecule has 0 aromatic carbocycles. The van der Waals surface area contributed by atoms with Gasteiger partial charge in [0.05, 0.1) is 10.6 Å². The van der Waals surface area contributed by atoms with Crippen molar-refractivity contribution in [1.29, 1.82) is 0 Å². The van der Waals surface area contributed by atoms with E-state index in [2.05, 4.69) is 39.8 Å². The molecule has 2 aromatic rings. The maximum atomic E-state index is 12.3. The number of rotatable bonds is 4. The third-order valence-electron chi connectivity index (χ3n) is 4.15. The van der Waals surface area contributed by atoms with Crippen molar-refractivity contribution in [3.8, 4) is 0 Å². The summed E-state index contributed by atoms with van der Waals surface area (Å²) < 4.78 is 0. The zero-order chi connectivity index (χ0) is 15.5. The second-order valence-electron chi connectivity index (χ2n) is 5.56. The summed E-state index contributed by atoms with van der Waals surface area (Å²) in [5.74, 6) is 0.292. The van der Waals surface area contributed by atoms with Crippen LogP contribution in [0.25, 0.3) is 0 Å². The van der Waals surface area contributed by atoms with Gasteiger partial charge in [0.25, 0.3) is 5.91 Å². The average Bonchev–Trinajstić information content (AvgIpc) is 3.14. The molecule has 4 nitrogen and oxygen atoms in total. The van der Waals surface area contributed by atoms with Crippen LogP contribution in [0.4, 0.5) is 0 Å². The Balaban J connectivity index is 1.66. The minimum atomic E-state index is -0.133. The number of likely N-dealkylation sites (tertiary alicyclic amines) is 1. The van der Waals surface area contributed by atoms with Gasteiger partial charge < -0.3 is 5.32 Å². The lowest BCUT2D eigenvalue weighted by molar-refractivity contribution is 0.0944. The van der Waals surface area contributed by atoms with Crippen LogP contribution in [0, 0.1) is 5.92 Å². The number of hydrogen-bond acceptors (Lipinski definition) is 4. The Morgan fingerprint density at radius 3 is 3.14 bits per heavy atom. The number of nitrogens with one attached hydrogen (secondary N) is 1. The summed E-state index contributed by atoms with van der Waals surface area (Å²) in [6.07, 6.45) is 4.16. The third kappa shape index (κ3) is 3.16. The highest BCUT2D eigenvalue weighted by Gasteiger charge is 2.33. The summed E-state index contributed by atoms with van der Waals surface area (Å²) in [5, 5.41) is 5.51. The highest BCUT2D eigenvalue weighted by Crippen LogP contribution is 2.37. The molecule has 0 aliphatic carbocycles. The van der Waals surface area contributed by atoms with Crippen LogP contribution in [0.3, 0.4) is 0 Å². The van der Waals surface area contributed by atoms with Crippen LogP contribution in [0.15, 0.2) is 36.0 Å². The zero-order valence-corrected chi connectivity index (χ0v) is 13.9. The van der Waals surface area contributed by atoms with Crippen molar-refractivity contribution in [1.82, 2.24) is 15.2 Å². The molecule has 3 heterocycles. The fourth-order valence-corrected chi connectivity index (χ4v) is 4.22. The Morgan fingerprint density at radius 2 is 2.41 bits per heavy atom. The van der Waals surface area contributed by atoms with E-state index < -0.39 is 0 Å². The summed E-state index contributed by atoms with van der Waals surface area (Å²) in [4.78, 5) is 19.9. The lowest BCUT2D eigenvalue weighted by atomic mass is 9.99. The van der Waals surface area contributed by atoms with Crippen molar-refractivity contribution < 1.29 is 4.79 Å². The maximum absolute atomic E-state index is 12.3. The van der Waals surface area contributed by atoms with Crippen molar-refractivity contribution >= 4 is 28.8 Å². The number of thiophene rings is 1. The summed E-state index contributed by atoms with van der Waals surface area (Å²) in [7, 11) is 2.14. The number of amides is 1. The number of carbonyl (C=O) groups excluding carboxylic acids is 1. The molecule has 22 heavy (non-hydrogen) atoms. The van der Waals surface area contributed by atoms with E-state index in [0.29, 0.717) is 29.1 Å². The van der Waals surface area contributed by atoms with Gasteiger partial charge in [-0.3, -0.25) is 14.7 Å². The predicted octanol–water partition coefficient (Wildman–Crippen LogP) is 3.22. The van der Waals surface area contributed by atoms with Crippen LogP contribution in [-0.2, 0) is 0 Å². The lowest BCUT2D eigenvalue weighted by Gasteiger charge is -2.24. The number of nitrogens with zero attached hydrogens (tertiary/aromatic N) is 2. The molecule has 2 atom stereocenters. The second-order valence-corrected chi connectivity index (χ2v) is 6.94. The first kappa shape index (κ1) is 15.5. The summed E-state index contributed by atoms with van der Waals surface area (Å²) in [6, 6.07) is 6.28. The van der Waals surface area contributed by atoms with E-state index in [1.54, 1.807) is 23.6 Å². The average molecular weight is 336 g/mol. The molecule has 1 aliphatic heterocycles. The van der Waals surface area contributed by atoms with E-state index in [0.717, 1.165) is 13.0 Å². The molecule has 0 unspecified atom stereocenters. The van der Waals surface area contributed by atoms with Gasteiger partial charge in [-0.05, 0) is 43.4 Å². The minimum absolute atomic E-state index is 0.133. The van der Waals surface area contributed by atoms with Gasteiger partial charge in [0.1, 0.15) is 0 Å². The lowest BCUT2D eigenvalue weighted by Crippen LogP contribution is -2.32. The highest BCUT2D eigenvalue weighted by atomic mass is 35.5. The van der Waals surface area contributed by atoms with Gasteiger partial charge in [-0.15, -0.1) is 11.3 Å². The first-order valence-corrected chi connectivity index (χ1v) is 8.54. The molecule has 1 amide bonds. The number of pyridine rings is 1. The number of hydrogen-bond donors (Lipinski definition) is 1. The van der Waals surface area contributed by atoms with Crippen LogP contribution in [0.2, 0.25) is 5.02 Å². The van der Waals surface area contributed by atoms with E-state index in [-0.39, 0.29) is 5.91 Å². The zero-order valence-electron chi connectivity index (χ0n) is 12.3. The Labute approximate surface area is 139 Å². The van der Waals surface area contributed by atoms with Crippen LogP contribution < -0.4 is 5.32 Å². The fourth-order valence-electron chi connectivity index (χ4n) is 3.03. The molecule has 6 heteroatoms. The van der Waals surface area contributed by atoms with Gasteiger partial charge in [0, 0.05) is 29.9 Å². The monoisotopic (exact) mass is 335 g/mol. The molecule has 0 bridgehead atoms. The first-order chi connectivity index (χ1) is 10.7. The molecule has 116 valence electrons. The van der Waals surface area contributed by atoms with Crippen LogP contribution in [-0.4, -0.2) is 35.9 Å². The predicted molar refractivity (Wildman–Crippen MR) is 89.4 cm³/mol. The molecule has 0 saturated carbocycles. The Kier molecular flexibility index (Phi) is 4.76. The molecule has 1 N–H and O–H groups in total. The fraction of sp³-hybridized carbons (Fsp3) is 0.375. The highest BCUT2D eigenvalue weighted by molar-refractivity contribution is 7.10. The van der Waals surface area contributed by atoms with Crippen LogP contribution in [0.5, 0.6) is 0 Å². The Bertz CT molecular complexity index is 647. The quantitative estimate of drug-likeness (QED) is 0.933. The van der Waals surface area contributed by atoms with Gasteiger partial charge in [-0.1, -0.05) is 17.7 Å². The van der Waals surface area contributed by atoms with E-state index in [1.165, 1.54) is 11.1 Å². The molecule has 2 aromatic heterocycles. The van der Waals surface area contributed by atoms with Crippen LogP contribution in [0.1, 0.15) is 27.7 Å². The van der Waals surface area contributed by atoms with Crippen molar-refractivity contribution in [2.24, 2.45) is 5.92 Å². The number of aromatic nitrogens is 1. The smallest absolute Gasteiger partial charge is 0.252 e. The Morgan fingerprint density at radius 1 is 1.55 bits per heavy atom.